The van der Waals surface area contributed by atoms with Crippen LogP contribution in [0.1, 0.15) is 53.5 Å². The highest BCUT2D eigenvalue weighted by Crippen LogP contribution is 2.32. The van der Waals surface area contributed by atoms with E-state index in [4.69, 9.17) is 4.74 Å². The first-order valence-electron chi connectivity index (χ1n) is 8.51. The summed E-state index contributed by atoms with van der Waals surface area (Å²) < 4.78 is 9.03. The molecule has 6 heteroatoms. The Kier molecular flexibility index (Phi) is 7.25. The Bertz CT molecular complexity index is 746. The van der Waals surface area contributed by atoms with Crippen molar-refractivity contribution >= 4 is 37.8 Å². The summed E-state index contributed by atoms with van der Waals surface area (Å²) in [6, 6.07) is 3.86. The molecule has 0 aliphatic heterocycles. The second-order valence-corrected chi connectivity index (χ2v) is 8.00. The molecule has 2 rings (SSSR count). The van der Waals surface area contributed by atoms with Crippen LogP contribution in [-0.2, 0) is 6.42 Å². The quantitative estimate of drug-likeness (QED) is 0.480. The van der Waals surface area contributed by atoms with Crippen molar-refractivity contribution in [3.8, 4) is 5.75 Å². The van der Waals surface area contributed by atoms with Gasteiger partial charge in [0.25, 0.3) is 5.91 Å². The maximum Gasteiger partial charge on any atom is 0.284 e. The number of carbonyl (C=O) groups is 1. The topological polar surface area (TPSA) is 44.1 Å². The second kappa shape index (κ2) is 8.99. The maximum absolute atomic E-state index is 12.6. The average molecular weight is 472 g/mol. The fourth-order valence-electron chi connectivity index (χ4n) is 2.90. The molecule has 0 bridgehead atoms. The molecule has 0 atom stereocenters. The molecule has 0 aliphatic rings. The number of hydrogen-bond donors (Lipinski definition) is 0. The Morgan fingerprint density at radius 3 is 2.56 bits per heavy atom. The number of hydrogen-bond acceptors (Lipinski definition) is 3. The van der Waals surface area contributed by atoms with E-state index in [-0.39, 0.29) is 12.5 Å². The Morgan fingerprint density at radius 2 is 1.92 bits per heavy atom. The number of aryl methyl sites for hydroxylation is 2. The fraction of sp³-hybridized carbons (Fsp3) is 0.474. The zero-order valence-corrected chi connectivity index (χ0v) is 18.3. The van der Waals surface area contributed by atoms with Gasteiger partial charge in [-0.2, -0.15) is 5.10 Å². The van der Waals surface area contributed by atoms with Crippen LogP contribution < -0.4 is 4.74 Å². The largest absolute Gasteiger partial charge is 0.482 e. The molecule has 0 saturated carbocycles. The van der Waals surface area contributed by atoms with Gasteiger partial charge >= 0.3 is 0 Å². The molecular weight excluding hydrogens is 448 g/mol. The van der Waals surface area contributed by atoms with Crippen LogP contribution in [0.3, 0.4) is 0 Å². The Morgan fingerprint density at radius 1 is 1.20 bits per heavy atom. The minimum absolute atomic E-state index is 0.0442. The maximum atomic E-state index is 12.6. The predicted molar refractivity (Wildman–Crippen MR) is 108 cm³/mol. The van der Waals surface area contributed by atoms with Gasteiger partial charge in [-0.15, -0.1) is 0 Å². The van der Waals surface area contributed by atoms with Gasteiger partial charge in [0.05, 0.1) is 10.2 Å². The van der Waals surface area contributed by atoms with Gasteiger partial charge in [-0.25, -0.2) is 4.68 Å². The van der Waals surface area contributed by atoms with E-state index in [1.807, 2.05) is 32.9 Å². The predicted octanol–water partition coefficient (Wildman–Crippen LogP) is 5.79. The molecular formula is C19H24Br2N2O2. The van der Waals surface area contributed by atoms with Crippen LogP contribution in [0.25, 0.3) is 0 Å². The van der Waals surface area contributed by atoms with Gasteiger partial charge in [0.15, 0.2) is 6.61 Å². The molecule has 2 aromatic rings. The first-order chi connectivity index (χ1) is 11.8. The van der Waals surface area contributed by atoms with Crippen LogP contribution in [0.2, 0.25) is 0 Å². The lowest BCUT2D eigenvalue weighted by atomic mass is 10.1. The van der Waals surface area contributed by atoms with Crippen molar-refractivity contribution in [2.75, 3.05) is 6.61 Å². The molecule has 0 radical (unpaired) electrons. The highest BCUT2D eigenvalue weighted by atomic mass is 79.9. The van der Waals surface area contributed by atoms with E-state index >= 15 is 0 Å². The third-order valence-electron chi connectivity index (χ3n) is 4.24. The highest BCUT2D eigenvalue weighted by Gasteiger charge is 2.17. The molecule has 0 unspecified atom stereocenters. The molecule has 1 aromatic carbocycles. The summed E-state index contributed by atoms with van der Waals surface area (Å²) in [6.07, 6.45) is 4.47. The SMILES string of the molecule is CCCCCc1c(C)nn(C(=O)COc2c(C)cc(Br)cc2Br)c1C. The lowest BCUT2D eigenvalue weighted by molar-refractivity contribution is 0.0817. The second-order valence-electron chi connectivity index (χ2n) is 6.23. The molecule has 1 heterocycles. The van der Waals surface area contributed by atoms with Crippen LogP contribution in [0.5, 0.6) is 5.75 Å². The lowest BCUT2D eigenvalue weighted by Crippen LogP contribution is -2.22. The van der Waals surface area contributed by atoms with E-state index in [0.717, 1.165) is 38.7 Å². The van der Waals surface area contributed by atoms with E-state index in [1.165, 1.54) is 23.1 Å². The van der Waals surface area contributed by atoms with Gasteiger partial charge in [-0.3, -0.25) is 4.79 Å². The molecule has 25 heavy (non-hydrogen) atoms. The summed E-state index contributed by atoms with van der Waals surface area (Å²) in [5.74, 6) is 0.526. The summed E-state index contributed by atoms with van der Waals surface area (Å²) in [7, 11) is 0. The molecule has 0 spiro atoms. The Balaban J connectivity index is 2.10. The fourth-order valence-corrected chi connectivity index (χ4v) is 4.45. The number of nitrogens with zero attached hydrogens (tertiary/aromatic N) is 2. The van der Waals surface area contributed by atoms with Crippen LogP contribution in [0.15, 0.2) is 21.1 Å². The molecule has 4 nitrogen and oxygen atoms in total. The average Bonchev–Trinajstić information content (AvgIpc) is 2.82. The molecule has 0 saturated heterocycles. The van der Waals surface area contributed by atoms with Gasteiger partial charge in [0.2, 0.25) is 0 Å². The standard InChI is InChI=1S/C19H24Br2N2O2/c1-5-6-7-8-16-13(3)22-23(14(16)4)18(24)11-25-19-12(2)9-15(20)10-17(19)21/h9-10H,5-8,11H2,1-4H3. The van der Waals surface area contributed by atoms with Gasteiger partial charge in [-0.1, -0.05) is 35.7 Å². The van der Waals surface area contributed by atoms with Gasteiger partial charge in [0, 0.05) is 10.2 Å². The number of aromatic nitrogens is 2. The summed E-state index contributed by atoms with van der Waals surface area (Å²) in [4.78, 5) is 12.6. The van der Waals surface area contributed by atoms with Crippen LogP contribution in [0, 0.1) is 20.8 Å². The number of rotatable bonds is 7. The minimum Gasteiger partial charge on any atom is -0.482 e. The minimum atomic E-state index is -0.156. The van der Waals surface area contributed by atoms with Gasteiger partial charge in [0.1, 0.15) is 5.75 Å². The molecule has 0 amide bonds. The monoisotopic (exact) mass is 470 g/mol. The smallest absolute Gasteiger partial charge is 0.284 e. The summed E-state index contributed by atoms with van der Waals surface area (Å²) in [6.45, 7) is 8.02. The van der Waals surface area contributed by atoms with Crippen molar-refractivity contribution in [1.82, 2.24) is 9.78 Å². The normalized spacial score (nSPS) is 11.0. The van der Waals surface area contributed by atoms with Gasteiger partial charge < -0.3 is 4.74 Å². The van der Waals surface area contributed by atoms with Crippen molar-refractivity contribution in [3.63, 3.8) is 0 Å². The number of halogens is 2. The molecule has 0 fully saturated rings. The number of benzene rings is 1. The van der Waals surface area contributed by atoms with E-state index in [0.29, 0.717) is 5.75 Å². The third kappa shape index (κ3) is 4.94. The van der Waals surface area contributed by atoms with Crippen LogP contribution >= 0.6 is 31.9 Å². The van der Waals surface area contributed by atoms with Crippen molar-refractivity contribution in [1.29, 1.82) is 0 Å². The zero-order chi connectivity index (χ0) is 18.6. The first-order valence-corrected chi connectivity index (χ1v) is 10.1. The number of unbranched alkanes of at least 4 members (excludes halogenated alkanes) is 2. The summed E-state index contributed by atoms with van der Waals surface area (Å²) in [5, 5.41) is 4.43. The number of ether oxygens (including phenoxy) is 1. The van der Waals surface area contributed by atoms with Crippen LogP contribution in [-0.4, -0.2) is 22.3 Å². The summed E-state index contributed by atoms with van der Waals surface area (Å²) >= 11 is 6.92. The van der Waals surface area contributed by atoms with Crippen LogP contribution in [0.4, 0.5) is 0 Å². The third-order valence-corrected chi connectivity index (χ3v) is 5.29. The van der Waals surface area contributed by atoms with Crippen molar-refractivity contribution in [2.45, 2.75) is 53.4 Å². The van der Waals surface area contributed by atoms with E-state index < -0.39 is 0 Å². The highest BCUT2D eigenvalue weighted by molar-refractivity contribution is 9.11. The van der Waals surface area contributed by atoms with E-state index in [1.54, 1.807) is 0 Å². The lowest BCUT2D eigenvalue weighted by Gasteiger charge is -2.11. The van der Waals surface area contributed by atoms with Crippen molar-refractivity contribution < 1.29 is 9.53 Å². The van der Waals surface area contributed by atoms with Gasteiger partial charge in [-0.05, 0) is 72.8 Å². The van der Waals surface area contributed by atoms with Crippen molar-refractivity contribution in [3.05, 3.63) is 43.6 Å². The Hall–Kier alpha value is -1.14. The Labute approximate surface area is 166 Å². The summed E-state index contributed by atoms with van der Waals surface area (Å²) in [5.41, 5.74) is 4.00. The molecule has 0 N–H and O–H groups in total. The first kappa shape index (κ1) is 20.2. The molecule has 1 aromatic heterocycles. The van der Waals surface area contributed by atoms with Crippen molar-refractivity contribution in [2.24, 2.45) is 0 Å². The zero-order valence-electron chi connectivity index (χ0n) is 15.2. The molecule has 136 valence electrons. The molecule has 0 aliphatic carbocycles. The number of carbonyl (C=O) groups excluding carboxylic acids is 1. The van der Waals surface area contributed by atoms with E-state index in [2.05, 4.69) is 43.9 Å². The van der Waals surface area contributed by atoms with E-state index in [9.17, 15) is 4.79 Å².